The van der Waals surface area contributed by atoms with Crippen molar-refractivity contribution in [1.29, 1.82) is 0 Å². The van der Waals surface area contributed by atoms with E-state index < -0.39 is 11.6 Å². The zero-order valence-electron chi connectivity index (χ0n) is 10.5. The molecule has 0 radical (unpaired) electrons. The number of thiophene rings is 1. The van der Waals surface area contributed by atoms with Crippen molar-refractivity contribution >= 4 is 11.3 Å². The summed E-state index contributed by atoms with van der Waals surface area (Å²) < 4.78 is 26.0. The van der Waals surface area contributed by atoms with Crippen LogP contribution in [0.15, 0.2) is 24.3 Å². The van der Waals surface area contributed by atoms with Gasteiger partial charge < -0.3 is 5.32 Å². The van der Waals surface area contributed by atoms with E-state index in [1.54, 1.807) is 0 Å². The number of benzene rings is 1. The molecular formula is C15H15F2NS. The van der Waals surface area contributed by atoms with E-state index in [9.17, 15) is 8.78 Å². The fourth-order valence-electron chi connectivity index (χ4n) is 2.52. The predicted molar refractivity (Wildman–Crippen MR) is 73.2 cm³/mol. The molecule has 0 fully saturated rings. The van der Waals surface area contributed by atoms with Crippen molar-refractivity contribution in [3.63, 3.8) is 0 Å². The van der Waals surface area contributed by atoms with E-state index in [2.05, 4.69) is 11.4 Å². The lowest BCUT2D eigenvalue weighted by atomic mass is 10.2. The largest absolute Gasteiger partial charge is 0.308 e. The average molecular weight is 279 g/mol. The van der Waals surface area contributed by atoms with Crippen LogP contribution in [0.2, 0.25) is 0 Å². The first-order valence-corrected chi connectivity index (χ1v) is 7.28. The molecule has 0 saturated carbocycles. The third-order valence-electron chi connectivity index (χ3n) is 3.35. The molecule has 0 saturated heterocycles. The smallest absolute Gasteiger partial charge is 0.126 e. The predicted octanol–water partition coefficient (Wildman–Crippen LogP) is 3.80. The Morgan fingerprint density at radius 3 is 2.53 bits per heavy atom. The molecule has 1 N–H and O–H groups in total. The van der Waals surface area contributed by atoms with Crippen LogP contribution in [0.3, 0.4) is 0 Å². The van der Waals surface area contributed by atoms with Crippen LogP contribution >= 0.6 is 11.3 Å². The number of rotatable bonds is 4. The van der Waals surface area contributed by atoms with Crippen LogP contribution in [0.25, 0.3) is 0 Å². The maximum absolute atomic E-state index is 13.0. The second-order valence-electron chi connectivity index (χ2n) is 4.90. The Kier molecular flexibility index (Phi) is 3.62. The molecule has 3 rings (SSSR count). The zero-order chi connectivity index (χ0) is 13.2. The lowest BCUT2D eigenvalue weighted by Gasteiger charge is -2.04. The summed E-state index contributed by atoms with van der Waals surface area (Å²) in [5.41, 5.74) is 2.13. The molecule has 2 aromatic rings. The van der Waals surface area contributed by atoms with Crippen molar-refractivity contribution in [1.82, 2.24) is 5.32 Å². The van der Waals surface area contributed by atoms with Gasteiger partial charge in [0.15, 0.2) is 0 Å². The second-order valence-corrected chi connectivity index (χ2v) is 6.12. The Balaban J connectivity index is 1.57. The number of fused-ring (bicyclic) bond motifs is 1. The lowest BCUT2D eigenvalue weighted by molar-refractivity contribution is 0.575. The van der Waals surface area contributed by atoms with E-state index in [-0.39, 0.29) is 0 Å². The van der Waals surface area contributed by atoms with Gasteiger partial charge in [-0.1, -0.05) is 0 Å². The van der Waals surface area contributed by atoms with Crippen LogP contribution in [0.1, 0.15) is 27.3 Å². The van der Waals surface area contributed by atoms with Gasteiger partial charge >= 0.3 is 0 Å². The first-order valence-electron chi connectivity index (χ1n) is 6.47. The summed E-state index contributed by atoms with van der Waals surface area (Å²) in [6, 6.07) is 5.88. The van der Waals surface area contributed by atoms with Gasteiger partial charge in [-0.05, 0) is 48.6 Å². The maximum Gasteiger partial charge on any atom is 0.126 e. The van der Waals surface area contributed by atoms with Crippen LogP contribution in [-0.2, 0) is 25.9 Å². The van der Waals surface area contributed by atoms with E-state index in [4.69, 9.17) is 0 Å². The Labute approximate surface area is 115 Å². The summed E-state index contributed by atoms with van der Waals surface area (Å²) in [4.78, 5) is 2.81. The van der Waals surface area contributed by atoms with Crippen molar-refractivity contribution in [2.75, 3.05) is 0 Å². The molecule has 0 bridgehead atoms. The normalized spacial score (nSPS) is 13.8. The van der Waals surface area contributed by atoms with Gasteiger partial charge in [0.1, 0.15) is 11.6 Å². The maximum atomic E-state index is 13.0. The molecule has 1 aromatic heterocycles. The highest BCUT2D eigenvalue weighted by Crippen LogP contribution is 2.30. The SMILES string of the molecule is Fc1cc(F)cc(CNCc2cc3c(s2)CCC3)c1. The van der Waals surface area contributed by atoms with Crippen LogP contribution in [0.4, 0.5) is 8.78 Å². The molecule has 19 heavy (non-hydrogen) atoms. The molecule has 1 aromatic carbocycles. The fraction of sp³-hybridized carbons (Fsp3) is 0.333. The quantitative estimate of drug-likeness (QED) is 0.897. The monoisotopic (exact) mass is 279 g/mol. The van der Waals surface area contributed by atoms with Crippen molar-refractivity contribution in [3.8, 4) is 0 Å². The molecule has 0 aliphatic heterocycles. The molecule has 0 amide bonds. The molecule has 0 unspecified atom stereocenters. The topological polar surface area (TPSA) is 12.0 Å². The van der Waals surface area contributed by atoms with Gasteiger partial charge in [-0.2, -0.15) is 0 Å². The molecule has 4 heteroatoms. The summed E-state index contributed by atoms with van der Waals surface area (Å²) in [5, 5.41) is 3.24. The molecule has 0 atom stereocenters. The van der Waals surface area contributed by atoms with Gasteiger partial charge in [0, 0.05) is 28.9 Å². The van der Waals surface area contributed by atoms with Gasteiger partial charge in [0.05, 0.1) is 0 Å². The van der Waals surface area contributed by atoms with Crippen molar-refractivity contribution in [3.05, 3.63) is 56.8 Å². The Morgan fingerprint density at radius 2 is 1.79 bits per heavy atom. The fourth-order valence-corrected chi connectivity index (χ4v) is 3.75. The van der Waals surface area contributed by atoms with Crippen molar-refractivity contribution in [2.45, 2.75) is 32.4 Å². The van der Waals surface area contributed by atoms with Gasteiger partial charge in [-0.3, -0.25) is 0 Å². The highest BCUT2D eigenvalue weighted by Gasteiger charge is 2.14. The Bertz CT molecular complexity index is 550. The third-order valence-corrected chi connectivity index (χ3v) is 4.59. The van der Waals surface area contributed by atoms with Gasteiger partial charge in [0.2, 0.25) is 0 Å². The molecule has 1 aliphatic carbocycles. The van der Waals surface area contributed by atoms with Gasteiger partial charge in [-0.25, -0.2) is 8.78 Å². The number of hydrogen-bond acceptors (Lipinski definition) is 2. The van der Waals surface area contributed by atoms with E-state index in [1.165, 1.54) is 46.7 Å². The van der Waals surface area contributed by atoms with Crippen molar-refractivity contribution < 1.29 is 8.78 Å². The first-order chi connectivity index (χ1) is 9.20. The number of halogens is 2. The van der Waals surface area contributed by atoms with Crippen molar-refractivity contribution in [2.24, 2.45) is 0 Å². The molecule has 1 nitrogen and oxygen atoms in total. The summed E-state index contributed by atoms with van der Waals surface area (Å²) in [6.45, 7) is 1.24. The van der Waals surface area contributed by atoms with Crippen LogP contribution in [0.5, 0.6) is 0 Å². The number of hydrogen-bond donors (Lipinski definition) is 1. The molecule has 1 heterocycles. The van der Waals surface area contributed by atoms with Crippen LogP contribution in [0, 0.1) is 11.6 Å². The summed E-state index contributed by atoms with van der Waals surface area (Å²) in [5.74, 6) is -1.04. The Hall–Kier alpha value is -1.26. The number of aryl methyl sites for hydroxylation is 2. The lowest BCUT2D eigenvalue weighted by Crippen LogP contribution is -2.12. The molecule has 1 aliphatic rings. The van der Waals surface area contributed by atoms with E-state index in [0.717, 1.165) is 12.6 Å². The minimum Gasteiger partial charge on any atom is -0.308 e. The molecule has 0 spiro atoms. The first kappa shape index (κ1) is 12.8. The standard InChI is InChI=1S/C15H15F2NS/c16-12-4-10(5-13(17)7-12)8-18-9-14-6-11-2-1-3-15(11)19-14/h4-7,18H,1-3,8-9H2. The highest BCUT2D eigenvalue weighted by molar-refractivity contribution is 7.12. The Morgan fingerprint density at radius 1 is 1.00 bits per heavy atom. The number of nitrogens with one attached hydrogen (secondary N) is 1. The van der Waals surface area contributed by atoms with E-state index in [1.807, 2.05) is 11.3 Å². The summed E-state index contributed by atoms with van der Waals surface area (Å²) in [7, 11) is 0. The van der Waals surface area contributed by atoms with Gasteiger partial charge in [-0.15, -0.1) is 11.3 Å². The molecule has 100 valence electrons. The minimum absolute atomic E-state index is 0.483. The van der Waals surface area contributed by atoms with E-state index in [0.29, 0.717) is 12.1 Å². The zero-order valence-corrected chi connectivity index (χ0v) is 11.3. The second kappa shape index (κ2) is 5.39. The molecular weight excluding hydrogens is 264 g/mol. The summed E-state index contributed by atoms with van der Waals surface area (Å²) >= 11 is 1.85. The van der Waals surface area contributed by atoms with Crippen LogP contribution in [-0.4, -0.2) is 0 Å². The van der Waals surface area contributed by atoms with Crippen LogP contribution < -0.4 is 5.32 Å². The van der Waals surface area contributed by atoms with E-state index >= 15 is 0 Å². The van der Waals surface area contributed by atoms with Gasteiger partial charge in [0.25, 0.3) is 0 Å². The summed E-state index contributed by atoms with van der Waals surface area (Å²) in [6.07, 6.45) is 3.67. The minimum atomic E-state index is -0.521. The average Bonchev–Trinajstić information content (AvgIpc) is 2.88. The third kappa shape index (κ3) is 3.01. The highest BCUT2D eigenvalue weighted by atomic mass is 32.1.